The van der Waals surface area contributed by atoms with Crippen LogP contribution >= 0.6 is 27.5 Å². The predicted molar refractivity (Wildman–Crippen MR) is 84.4 cm³/mol. The Hall–Kier alpha value is -2.05. The van der Waals surface area contributed by atoms with Crippen molar-refractivity contribution < 1.29 is 14.7 Å². The lowest BCUT2D eigenvalue weighted by molar-refractivity contribution is 0.0696. The van der Waals surface area contributed by atoms with Gasteiger partial charge in [-0.2, -0.15) is 0 Å². The molecule has 2 aromatic carbocycles. The quantitative estimate of drug-likeness (QED) is 0.767. The first kappa shape index (κ1) is 15.3. The van der Waals surface area contributed by atoms with Gasteiger partial charge < -0.3 is 16.2 Å². The zero-order valence-electron chi connectivity index (χ0n) is 10.6. The zero-order valence-corrected chi connectivity index (χ0v) is 12.9. The first-order valence-electron chi connectivity index (χ1n) is 5.78. The monoisotopic (exact) mass is 368 g/mol. The smallest absolute Gasteiger partial charge is 0.335 e. The third-order valence-electron chi connectivity index (χ3n) is 2.75. The SMILES string of the molecule is NC(=O)c1c(Cl)cccc1Nc1ccc(C(=O)O)cc1Br. The second-order valence-electron chi connectivity index (χ2n) is 4.15. The Morgan fingerprint density at radius 1 is 1.19 bits per heavy atom. The molecule has 0 spiro atoms. The van der Waals surface area contributed by atoms with Crippen LogP contribution in [0.15, 0.2) is 40.9 Å². The molecule has 7 heteroatoms. The highest BCUT2D eigenvalue weighted by molar-refractivity contribution is 9.10. The largest absolute Gasteiger partial charge is 0.478 e. The van der Waals surface area contributed by atoms with E-state index in [0.29, 0.717) is 15.8 Å². The van der Waals surface area contributed by atoms with Gasteiger partial charge in [0, 0.05) is 4.47 Å². The van der Waals surface area contributed by atoms with E-state index >= 15 is 0 Å². The third-order valence-corrected chi connectivity index (χ3v) is 3.72. The van der Waals surface area contributed by atoms with Crippen molar-refractivity contribution in [2.45, 2.75) is 0 Å². The number of halogens is 2. The molecule has 0 aromatic heterocycles. The second-order valence-corrected chi connectivity index (χ2v) is 5.41. The molecule has 2 rings (SSSR count). The molecule has 5 nitrogen and oxygen atoms in total. The summed E-state index contributed by atoms with van der Waals surface area (Å²) in [4.78, 5) is 22.4. The molecule has 0 radical (unpaired) electrons. The average molecular weight is 370 g/mol. The third kappa shape index (κ3) is 3.34. The number of primary amides is 1. The highest BCUT2D eigenvalue weighted by Gasteiger charge is 2.14. The zero-order chi connectivity index (χ0) is 15.6. The van der Waals surface area contributed by atoms with E-state index < -0.39 is 11.9 Å². The van der Waals surface area contributed by atoms with Crippen molar-refractivity contribution in [2.75, 3.05) is 5.32 Å². The predicted octanol–water partition coefficient (Wildman–Crippen LogP) is 3.64. The van der Waals surface area contributed by atoms with Crippen molar-refractivity contribution in [1.82, 2.24) is 0 Å². The van der Waals surface area contributed by atoms with Gasteiger partial charge in [-0.05, 0) is 46.3 Å². The standard InChI is InChI=1S/C14H10BrClN2O3/c15-8-6-7(14(20)21)4-5-10(8)18-11-3-1-2-9(16)12(11)13(17)19/h1-6,18H,(H2,17,19)(H,20,21). The van der Waals surface area contributed by atoms with Gasteiger partial charge in [-0.15, -0.1) is 0 Å². The Morgan fingerprint density at radius 3 is 2.48 bits per heavy atom. The number of carboxylic acid groups (broad SMARTS) is 1. The van der Waals surface area contributed by atoms with E-state index in [9.17, 15) is 9.59 Å². The number of aromatic carboxylic acids is 1. The molecule has 0 saturated carbocycles. The lowest BCUT2D eigenvalue weighted by Crippen LogP contribution is -2.14. The first-order valence-corrected chi connectivity index (χ1v) is 6.95. The minimum absolute atomic E-state index is 0.147. The molecule has 108 valence electrons. The van der Waals surface area contributed by atoms with Gasteiger partial charge in [0.05, 0.1) is 27.5 Å². The fourth-order valence-corrected chi connectivity index (χ4v) is 2.52. The summed E-state index contributed by atoms with van der Waals surface area (Å²) >= 11 is 9.24. The minimum atomic E-state index is -1.03. The van der Waals surface area contributed by atoms with Gasteiger partial charge in [-0.3, -0.25) is 4.79 Å². The summed E-state index contributed by atoms with van der Waals surface area (Å²) in [6.45, 7) is 0. The highest BCUT2D eigenvalue weighted by Crippen LogP contribution is 2.31. The van der Waals surface area contributed by atoms with Crippen LogP contribution in [0.3, 0.4) is 0 Å². The molecule has 4 N–H and O–H groups in total. The summed E-state index contributed by atoms with van der Waals surface area (Å²) in [5.74, 6) is -1.68. The van der Waals surface area contributed by atoms with Crippen LogP contribution < -0.4 is 11.1 Å². The molecular formula is C14H10BrClN2O3. The maximum Gasteiger partial charge on any atom is 0.335 e. The van der Waals surface area contributed by atoms with E-state index in [2.05, 4.69) is 21.2 Å². The van der Waals surface area contributed by atoms with Crippen LogP contribution in [0.4, 0.5) is 11.4 Å². The number of hydrogen-bond donors (Lipinski definition) is 3. The number of carboxylic acids is 1. The van der Waals surface area contributed by atoms with Crippen LogP contribution in [0, 0.1) is 0 Å². The highest BCUT2D eigenvalue weighted by atomic mass is 79.9. The topological polar surface area (TPSA) is 92.4 Å². The van der Waals surface area contributed by atoms with Crippen LogP contribution in [-0.2, 0) is 0 Å². The molecule has 21 heavy (non-hydrogen) atoms. The van der Waals surface area contributed by atoms with Crippen molar-refractivity contribution >= 4 is 50.8 Å². The number of benzene rings is 2. The van der Waals surface area contributed by atoms with Gasteiger partial charge in [0.1, 0.15) is 0 Å². The molecule has 0 heterocycles. The van der Waals surface area contributed by atoms with Crippen molar-refractivity contribution in [3.05, 3.63) is 57.0 Å². The maximum absolute atomic E-state index is 11.5. The molecule has 2 aromatic rings. The molecule has 0 atom stereocenters. The number of nitrogens with two attached hydrogens (primary N) is 1. The number of amides is 1. The summed E-state index contributed by atoms with van der Waals surface area (Å²) in [5.41, 5.74) is 6.67. The van der Waals surface area contributed by atoms with Crippen molar-refractivity contribution in [3.8, 4) is 0 Å². The van der Waals surface area contributed by atoms with Crippen LogP contribution in [0.5, 0.6) is 0 Å². The molecule has 0 aliphatic rings. The van der Waals surface area contributed by atoms with Gasteiger partial charge in [0.25, 0.3) is 5.91 Å². The Kier molecular flexibility index (Phi) is 4.50. The second kappa shape index (κ2) is 6.15. The lowest BCUT2D eigenvalue weighted by atomic mass is 10.1. The van der Waals surface area contributed by atoms with Crippen LogP contribution in [0.2, 0.25) is 5.02 Å². The Bertz CT molecular complexity index is 734. The van der Waals surface area contributed by atoms with Gasteiger partial charge in [0.2, 0.25) is 0 Å². The average Bonchev–Trinajstić information content (AvgIpc) is 2.40. The lowest BCUT2D eigenvalue weighted by Gasteiger charge is -2.13. The summed E-state index contributed by atoms with van der Waals surface area (Å²) in [5, 5.41) is 12.2. The van der Waals surface area contributed by atoms with Gasteiger partial charge in [-0.25, -0.2) is 4.79 Å². The molecule has 0 saturated heterocycles. The fraction of sp³-hybridized carbons (Fsp3) is 0. The van der Waals surface area contributed by atoms with E-state index in [1.54, 1.807) is 24.3 Å². The number of anilines is 2. The number of carbonyl (C=O) groups excluding carboxylic acids is 1. The van der Waals surface area contributed by atoms with E-state index in [-0.39, 0.29) is 16.1 Å². The Labute approximate surface area is 133 Å². The Balaban J connectivity index is 2.42. The van der Waals surface area contributed by atoms with Crippen molar-refractivity contribution in [3.63, 3.8) is 0 Å². The molecule has 0 unspecified atom stereocenters. The van der Waals surface area contributed by atoms with E-state index in [0.717, 1.165) is 0 Å². The maximum atomic E-state index is 11.5. The van der Waals surface area contributed by atoms with Crippen molar-refractivity contribution in [1.29, 1.82) is 0 Å². The summed E-state index contributed by atoms with van der Waals surface area (Å²) < 4.78 is 0.540. The summed E-state index contributed by atoms with van der Waals surface area (Å²) in [6.07, 6.45) is 0. The van der Waals surface area contributed by atoms with E-state index in [4.69, 9.17) is 22.4 Å². The van der Waals surface area contributed by atoms with Gasteiger partial charge >= 0.3 is 5.97 Å². The molecule has 0 aliphatic heterocycles. The van der Waals surface area contributed by atoms with Gasteiger partial charge in [-0.1, -0.05) is 17.7 Å². The van der Waals surface area contributed by atoms with Gasteiger partial charge in [0.15, 0.2) is 0 Å². The summed E-state index contributed by atoms with van der Waals surface area (Å²) in [7, 11) is 0. The fourth-order valence-electron chi connectivity index (χ4n) is 1.77. The number of carbonyl (C=O) groups is 2. The molecular weight excluding hydrogens is 360 g/mol. The molecule has 0 fully saturated rings. The van der Waals surface area contributed by atoms with Crippen LogP contribution in [-0.4, -0.2) is 17.0 Å². The molecule has 0 aliphatic carbocycles. The van der Waals surface area contributed by atoms with Crippen LogP contribution in [0.25, 0.3) is 0 Å². The Morgan fingerprint density at radius 2 is 1.90 bits per heavy atom. The normalized spacial score (nSPS) is 10.2. The number of rotatable bonds is 4. The molecule has 0 bridgehead atoms. The van der Waals surface area contributed by atoms with Crippen molar-refractivity contribution in [2.24, 2.45) is 5.73 Å². The van der Waals surface area contributed by atoms with E-state index in [1.807, 2.05) is 0 Å². The minimum Gasteiger partial charge on any atom is -0.478 e. The molecule has 1 amide bonds. The number of nitrogens with one attached hydrogen (secondary N) is 1. The summed E-state index contributed by atoms with van der Waals surface area (Å²) in [6, 6.07) is 9.39. The van der Waals surface area contributed by atoms with Crippen LogP contribution in [0.1, 0.15) is 20.7 Å². The van der Waals surface area contributed by atoms with E-state index in [1.165, 1.54) is 12.1 Å². The number of hydrogen-bond acceptors (Lipinski definition) is 3. The first-order chi connectivity index (χ1) is 9.90.